The Labute approximate surface area is 82.6 Å². The number of benzene rings is 1. The van der Waals surface area contributed by atoms with Gasteiger partial charge in [-0.2, -0.15) is 5.10 Å². The summed E-state index contributed by atoms with van der Waals surface area (Å²) in [5.41, 5.74) is 11.3. The van der Waals surface area contributed by atoms with Gasteiger partial charge in [0.1, 0.15) is 0 Å². The van der Waals surface area contributed by atoms with Gasteiger partial charge in [0, 0.05) is 6.21 Å². The van der Waals surface area contributed by atoms with Crippen LogP contribution < -0.4 is 11.5 Å². The van der Waals surface area contributed by atoms with Crippen LogP contribution in [0.2, 0.25) is 0 Å². The molecule has 4 nitrogen and oxygen atoms in total. The first kappa shape index (κ1) is 9.98. The van der Waals surface area contributed by atoms with E-state index >= 15 is 0 Å². The molecular weight excluding hydrogens is 176 g/mol. The van der Waals surface area contributed by atoms with Crippen LogP contribution in [0.3, 0.4) is 0 Å². The lowest BCUT2D eigenvalue weighted by Crippen LogP contribution is -2.21. The zero-order chi connectivity index (χ0) is 10.2. The van der Waals surface area contributed by atoms with Crippen molar-refractivity contribution in [2.75, 3.05) is 0 Å². The molecule has 0 aliphatic rings. The van der Waals surface area contributed by atoms with Gasteiger partial charge in [-0.15, -0.1) is 5.10 Å². The van der Waals surface area contributed by atoms with Crippen molar-refractivity contribution >= 4 is 18.3 Å². The van der Waals surface area contributed by atoms with Crippen LogP contribution in [-0.4, -0.2) is 12.2 Å². The summed E-state index contributed by atoms with van der Waals surface area (Å²) in [7, 11) is 0. The Kier molecular flexibility index (Phi) is 3.94. The fourth-order valence-electron chi connectivity index (χ4n) is 0.857. The van der Waals surface area contributed by atoms with E-state index < -0.39 is 0 Å². The second kappa shape index (κ2) is 5.53. The molecule has 0 saturated carbocycles. The summed E-state index contributed by atoms with van der Waals surface area (Å²) in [6.07, 6.45) is 5.19. The minimum atomic E-state index is -0.0469. The fourth-order valence-corrected chi connectivity index (χ4v) is 0.857. The van der Waals surface area contributed by atoms with E-state index in [4.69, 9.17) is 11.5 Å². The number of rotatable bonds is 3. The topological polar surface area (TPSA) is 76.8 Å². The normalized spacial score (nSPS) is 10.9. The number of guanidine groups is 1. The maximum atomic E-state index is 5.08. The Bertz CT molecular complexity index is 348. The predicted molar refractivity (Wildman–Crippen MR) is 59.8 cm³/mol. The van der Waals surface area contributed by atoms with Crippen molar-refractivity contribution in [2.24, 2.45) is 21.7 Å². The van der Waals surface area contributed by atoms with E-state index in [1.54, 1.807) is 6.08 Å². The SMILES string of the molecule is NC(N)=N/N=C\C=C/c1ccccc1. The van der Waals surface area contributed by atoms with Crippen molar-refractivity contribution in [3.8, 4) is 0 Å². The third kappa shape index (κ3) is 4.06. The van der Waals surface area contributed by atoms with E-state index in [0.29, 0.717) is 0 Å². The van der Waals surface area contributed by atoms with Gasteiger partial charge in [-0.3, -0.25) is 0 Å². The van der Waals surface area contributed by atoms with Gasteiger partial charge in [-0.25, -0.2) is 0 Å². The van der Waals surface area contributed by atoms with Gasteiger partial charge in [0.2, 0.25) is 5.96 Å². The molecule has 0 spiro atoms. The first-order valence-corrected chi connectivity index (χ1v) is 4.13. The molecule has 4 N–H and O–H groups in total. The maximum Gasteiger partial charge on any atom is 0.211 e. The molecule has 0 saturated heterocycles. The number of nitrogens with zero attached hydrogens (tertiary/aromatic N) is 2. The standard InChI is InChI=1S/C10H12N4/c11-10(12)14-13-8-4-7-9-5-2-1-3-6-9/h1-8H,(H4,11,12,14)/b7-4-,13-8-. The van der Waals surface area contributed by atoms with Crippen LogP contribution in [0.4, 0.5) is 0 Å². The van der Waals surface area contributed by atoms with E-state index in [1.807, 2.05) is 36.4 Å². The molecule has 0 fully saturated rings. The van der Waals surface area contributed by atoms with E-state index in [2.05, 4.69) is 10.2 Å². The monoisotopic (exact) mass is 188 g/mol. The summed E-state index contributed by atoms with van der Waals surface area (Å²) in [6, 6.07) is 9.88. The molecule has 14 heavy (non-hydrogen) atoms. The Balaban J connectivity index is 2.50. The molecule has 0 atom stereocenters. The van der Waals surface area contributed by atoms with Gasteiger partial charge < -0.3 is 11.5 Å². The van der Waals surface area contributed by atoms with E-state index in [1.165, 1.54) is 6.21 Å². The highest BCUT2D eigenvalue weighted by Crippen LogP contribution is 1.99. The molecule has 0 heterocycles. The van der Waals surface area contributed by atoms with Crippen LogP contribution in [0.25, 0.3) is 6.08 Å². The molecule has 1 aromatic rings. The number of hydrogen-bond donors (Lipinski definition) is 2. The van der Waals surface area contributed by atoms with Crippen molar-refractivity contribution in [3.05, 3.63) is 42.0 Å². The van der Waals surface area contributed by atoms with Crippen LogP contribution in [0.5, 0.6) is 0 Å². The van der Waals surface area contributed by atoms with Crippen LogP contribution in [0.15, 0.2) is 46.6 Å². The zero-order valence-corrected chi connectivity index (χ0v) is 7.67. The summed E-state index contributed by atoms with van der Waals surface area (Å²) in [6.45, 7) is 0. The van der Waals surface area contributed by atoms with Crippen LogP contribution in [0.1, 0.15) is 5.56 Å². The summed E-state index contributed by atoms with van der Waals surface area (Å²) >= 11 is 0. The Morgan fingerprint density at radius 2 is 1.86 bits per heavy atom. The lowest BCUT2D eigenvalue weighted by Gasteiger charge is -1.87. The highest BCUT2D eigenvalue weighted by atomic mass is 15.3. The quantitative estimate of drug-likeness (QED) is 0.421. The molecule has 4 heteroatoms. The maximum absolute atomic E-state index is 5.08. The smallest absolute Gasteiger partial charge is 0.211 e. The van der Waals surface area contributed by atoms with Crippen molar-refractivity contribution < 1.29 is 0 Å². The highest BCUT2D eigenvalue weighted by Gasteiger charge is 1.79. The molecule has 1 rings (SSSR count). The first-order chi connectivity index (χ1) is 6.79. The average Bonchev–Trinajstić information content (AvgIpc) is 2.18. The highest BCUT2D eigenvalue weighted by molar-refractivity contribution is 5.80. The molecule has 0 radical (unpaired) electrons. The summed E-state index contributed by atoms with van der Waals surface area (Å²) < 4.78 is 0. The molecule has 0 bridgehead atoms. The molecule has 0 aromatic heterocycles. The second-order valence-electron chi connectivity index (χ2n) is 2.56. The van der Waals surface area contributed by atoms with Crippen LogP contribution in [-0.2, 0) is 0 Å². The third-order valence-corrected chi connectivity index (χ3v) is 1.41. The molecule has 0 amide bonds. The summed E-state index contributed by atoms with van der Waals surface area (Å²) in [4.78, 5) is 0. The van der Waals surface area contributed by atoms with Gasteiger partial charge in [-0.05, 0) is 11.6 Å². The Morgan fingerprint density at radius 1 is 1.14 bits per heavy atom. The molecule has 0 aliphatic heterocycles. The molecule has 0 aliphatic carbocycles. The predicted octanol–water partition coefficient (Wildman–Crippen LogP) is 0.959. The minimum Gasteiger partial charge on any atom is -0.369 e. The first-order valence-electron chi connectivity index (χ1n) is 4.13. The Hall–Kier alpha value is -2.10. The number of allylic oxidation sites excluding steroid dienone is 1. The van der Waals surface area contributed by atoms with Gasteiger partial charge in [0.25, 0.3) is 0 Å². The third-order valence-electron chi connectivity index (χ3n) is 1.41. The van der Waals surface area contributed by atoms with Crippen molar-refractivity contribution in [2.45, 2.75) is 0 Å². The molecule has 0 unspecified atom stereocenters. The average molecular weight is 188 g/mol. The van der Waals surface area contributed by atoms with Gasteiger partial charge in [-0.1, -0.05) is 36.4 Å². The van der Waals surface area contributed by atoms with Gasteiger partial charge >= 0.3 is 0 Å². The largest absolute Gasteiger partial charge is 0.369 e. The number of hydrogen-bond acceptors (Lipinski definition) is 2. The van der Waals surface area contributed by atoms with Crippen LogP contribution in [0, 0.1) is 0 Å². The summed E-state index contributed by atoms with van der Waals surface area (Å²) in [5.74, 6) is -0.0469. The van der Waals surface area contributed by atoms with E-state index in [-0.39, 0.29) is 5.96 Å². The molecular formula is C10H12N4. The number of nitrogens with two attached hydrogens (primary N) is 2. The molecule has 1 aromatic carbocycles. The lowest BCUT2D eigenvalue weighted by molar-refractivity contribution is 1.22. The molecule has 72 valence electrons. The van der Waals surface area contributed by atoms with E-state index in [0.717, 1.165) is 5.56 Å². The second-order valence-corrected chi connectivity index (χ2v) is 2.56. The van der Waals surface area contributed by atoms with Crippen molar-refractivity contribution in [1.29, 1.82) is 0 Å². The van der Waals surface area contributed by atoms with Gasteiger partial charge in [0.15, 0.2) is 0 Å². The van der Waals surface area contributed by atoms with Crippen molar-refractivity contribution in [3.63, 3.8) is 0 Å². The van der Waals surface area contributed by atoms with Crippen molar-refractivity contribution in [1.82, 2.24) is 0 Å². The van der Waals surface area contributed by atoms with Gasteiger partial charge in [0.05, 0.1) is 0 Å². The van der Waals surface area contributed by atoms with Crippen LogP contribution >= 0.6 is 0 Å². The minimum absolute atomic E-state index is 0.0469. The summed E-state index contributed by atoms with van der Waals surface area (Å²) in [5, 5.41) is 7.06. The fraction of sp³-hybridized carbons (Fsp3) is 0. The van der Waals surface area contributed by atoms with E-state index in [9.17, 15) is 0 Å². The zero-order valence-electron chi connectivity index (χ0n) is 7.67. The lowest BCUT2D eigenvalue weighted by atomic mass is 10.2. The Morgan fingerprint density at radius 3 is 2.50 bits per heavy atom.